The van der Waals surface area contributed by atoms with E-state index in [9.17, 15) is 0 Å². The second kappa shape index (κ2) is 5.35. The predicted octanol–water partition coefficient (Wildman–Crippen LogP) is 2.56. The Morgan fingerprint density at radius 3 is 3.07 bits per heavy atom. The van der Waals surface area contributed by atoms with Gasteiger partial charge in [-0.3, -0.25) is 4.98 Å². The number of hydrogen-bond donors (Lipinski definition) is 1. The summed E-state index contributed by atoms with van der Waals surface area (Å²) >= 11 is 1.98. The lowest BCUT2D eigenvalue weighted by Gasteiger charge is -2.28. The van der Waals surface area contributed by atoms with Gasteiger partial charge in [-0.15, -0.1) is 0 Å². The third-order valence-corrected chi connectivity index (χ3v) is 3.97. The summed E-state index contributed by atoms with van der Waals surface area (Å²) in [6.45, 7) is 0. The van der Waals surface area contributed by atoms with Crippen LogP contribution in [0, 0.1) is 0 Å². The third kappa shape index (κ3) is 3.09. The van der Waals surface area contributed by atoms with Crippen LogP contribution in [0.2, 0.25) is 0 Å². The molecular weight excluding hydrogens is 206 g/mol. The molecule has 0 unspecified atom stereocenters. The van der Waals surface area contributed by atoms with Crippen molar-refractivity contribution in [2.45, 2.75) is 37.0 Å². The molecule has 0 bridgehead atoms. The van der Waals surface area contributed by atoms with Gasteiger partial charge in [-0.05, 0) is 25.5 Å². The van der Waals surface area contributed by atoms with E-state index in [0.717, 1.165) is 11.1 Å². The molecule has 15 heavy (non-hydrogen) atoms. The van der Waals surface area contributed by atoms with E-state index in [1.54, 1.807) is 18.6 Å². The van der Waals surface area contributed by atoms with E-state index in [1.807, 2.05) is 11.8 Å². The molecule has 82 valence electrons. The first-order valence-corrected chi connectivity index (χ1v) is 6.72. The molecule has 2 atom stereocenters. The summed E-state index contributed by atoms with van der Waals surface area (Å²) in [5.74, 6) is 0.907. The molecular formula is C11H17N3S. The summed E-state index contributed by atoms with van der Waals surface area (Å²) < 4.78 is 0. The minimum Gasteiger partial charge on any atom is -0.366 e. The summed E-state index contributed by atoms with van der Waals surface area (Å²) in [6.07, 6.45) is 12.6. The molecule has 1 aliphatic carbocycles. The average molecular weight is 223 g/mol. The molecule has 1 aliphatic rings. The van der Waals surface area contributed by atoms with E-state index >= 15 is 0 Å². The van der Waals surface area contributed by atoms with Crippen molar-refractivity contribution >= 4 is 17.6 Å². The van der Waals surface area contributed by atoms with Crippen molar-refractivity contribution in [2.75, 3.05) is 11.6 Å². The molecule has 1 aromatic heterocycles. The molecule has 1 saturated carbocycles. The number of hydrogen-bond acceptors (Lipinski definition) is 4. The number of nitrogens with zero attached hydrogens (tertiary/aromatic N) is 2. The zero-order valence-electron chi connectivity index (χ0n) is 9.02. The molecule has 1 heterocycles. The van der Waals surface area contributed by atoms with Gasteiger partial charge in [0.05, 0.1) is 6.20 Å². The molecule has 1 fully saturated rings. The first kappa shape index (κ1) is 10.7. The number of rotatable bonds is 3. The molecule has 0 radical (unpaired) electrons. The Morgan fingerprint density at radius 2 is 2.33 bits per heavy atom. The molecule has 3 nitrogen and oxygen atoms in total. The smallest absolute Gasteiger partial charge is 0.144 e. The quantitative estimate of drug-likeness (QED) is 0.854. The van der Waals surface area contributed by atoms with Gasteiger partial charge in [0.1, 0.15) is 5.82 Å². The van der Waals surface area contributed by atoms with Crippen molar-refractivity contribution in [1.29, 1.82) is 0 Å². The van der Waals surface area contributed by atoms with Crippen LogP contribution < -0.4 is 5.32 Å². The van der Waals surface area contributed by atoms with Gasteiger partial charge in [0, 0.05) is 23.7 Å². The normalized spacial score (nSPS) is 26.2. The zero-order chi connectivity index (χ0) is 10.5. The van der Waals surface area contributed by atoms with Crippen LogP contribution in [0.25, 0.3) is 0 Å². The lowest BCUT2D eigenvalue weighted by Crippen LogP contribution is -2.28. The highest BCUT2D eigenvalue weighted by molar-refractivity contribution is 7.99. The van der Waals surface area contributed by atoms with Crippen LogP contribution in [0.4, 0.5) is 5.82 Å². The van der Waals surface area contributed by atoms with E-state index in [1.165, 1.54) is 25.7 Å². The molecule has 0 amide bonds. The lowest BCUT2D eigenvalue weighted by atomic mass is 9.95. The maximum atomic E-state index is 4.24. The Labute approximate surface area is 95.1 Å². The van der Waals surface area contributed by atoms with Crippen LogP contribution in [-0.4, -0.2) is 27.5 Å². The minimum absolute atomic E-state index is 0.577. The average Bonchev–Trinajstić information content (AvgIpc) is 2.31. The Morgan fingerprint density at radius 1 is 1.40 bits per heavy atom. The molecule has 0 saturated heterocycles. The standard InChI is InChI=1S/C11H17N3S/c1-15-10-4-2-3-9(7-10)14-11-8-12-5-6-13-11/h5-6,8-10H,2-4,7H2,1H3,(H,13,14)/t9-,10+/m1/s1. The second-order valence-electron chi connectivity index (χ2n) is 3.96. The van der Waals surface area contributed by atoms with Crippen molar-refractivity contribution in [3.8, 4) is 0 Å². The first-order chi connectivity index (χ1) is 7.38. The van der Waals surface area contributed by atoms with Gasteiger partial charge in [0.25, 0.3) is 0 Å². The van der Waals surface area contributed by atoms with Crippen LogP contribution in [0.5, 0.6) is 0 Å². The van der Waals surface area contributed by atoms with Gasteiger partial charge >= 0.3 is 0 Å². The van der Waals surface area contributed by atoms with Crippen LogP contribution in [0.1, 0.15) is 25.7 Å². The zero-order valence-corrected chi connectivity index (χ0v) is 9.83. The van der Waals surface area contributed by atoms with Crippen LogP contribution in [0.15, 0.2) is 18.6 Å². The highest BCUT2D eigenvalue weighted by Gasteiger charge is 2.21. The van der Waals surface area contributed by atoms with Gasteiger partial charge in [0.2, 0.25) is 0 Å². The van der Waals surface area contributed by atoms with E-state index in [2.05, 4.69) is 21.5 Å². The maximum Gasteiger partial charge on any atom is 0.144 e. The highest BCUT2D eigenvalue weighted by atomic mass is 32.2. The van der Waals surface area contributed by atoms with Crippen LogP contribution in [-0.2, 0) is 0 Å². The van der Waals surface area contributed by atoms with E-state index in [-0.39, 0.29) is 0 Å². The van der Waals surface area contributed by atoms with Crippen LogP contribution in [0.3, 0.4) is 0 Å². The predicted molar refractivity (Wildman–Crippen MR) is 65.2 cm³/mol. The SMILES string of the molecule is CS[C@H]1CCC[C@@H](Nc2cnccn2)C1. The van der Waals surface area contributed by atoms with Gasteiger partial charge in [-0.25, -0.2) is 4.98 Å². The van der Waals surface area contributed by atoms with E-state index in [0.29, 0.717) is 6.04 Å². The molecule has 1 aromatic rings. The Hall–Kier alpha value is -0.770. The van der Waals surface area contributed by atoms with E-state index in [4.69, 9.17) is 0 Å². The topological polar surface area (TPSA) is 37.8 Å². The monoisotopic (exact) mass is 223 g/mol. The van der Waals surface area contributed by atoms with Gasteiger partial charge in [-0.2, -0.15) is 11.8 Å². The number of aromatic nitrogens is 2. The molecule has 2 rings (SSSR count). The third-order valence-electron chi connectivity index (χ3n) is 2.87. The summed E-state index contributed by atoms with van der Waals surface area (Å²) in [5.41, 5.74) is 0. The fourth-order valence-electron chi connectivity index (χ4n) is 2.07. The molecule has 0 aliphatic heterocycles. The second-order valence-corrected chi connectivity index (χ2v) is 5.09. The number of thioether (sulfide) groups is 1. The fraction of sp³-hybridized carbons (Fsp3) is 0.636. The molecule has 0 spiro atoms. The van der Waals surface area contributed by atoms with Gasteiger partial charge < -0.3 is 5.32 Å². The largest absolute Gasteiger partial charge is 0.366 e. The van der Waals surface area contributed by atoms with Crippen LogP contribution >= 0.6 is 11.8 Å². The summed E-state index contributed by atoms with van der Waals surface area (Å²) in [4.78, 5) is 8.30. The van der Waals surface area contributed by atoms with Crippen molar-refractivity contribution in [3.63, 3.8) is 0 Å². The number of nitrogens with one attached hydrogen (secondary N) is 1. The Bertz CT molecular complexity index is 291. The minimum atomic E-state index is 0.577. The summed E-state index contributed by atoms with van der Waals surface area (Å²) in [6, 6.07) is 0.577. The number of anilines is 1. The maximum absolute atomic E-state index is 4.24. The van der Waals surface area contributed by atoms with E-state index < -0.39 is 0 Å². The molecule has 0 aromatic carbocycles. The van der Waals surface area contributed by atoms with Crippen molar-refractivity contribution in [3.05, 3.63) is 18.6 Å². The highest BCUT2D eigenvalue weighted by Crippen LogP contribution is 2.28. The van der Waals surface area contributed by atoms with Crippen molar-refractivity contribution in [1.82, 2.24) is 9.97 Å². The van der Waals surface area contributed by atoms with Crippen molar-refractivity contribution < 1.29 is 0 Å². The summed E-state index contributed by atoms with van der Waals surface area (Å²) in [7, 11) is 0. The first-order valence-electron chi connectivity index (χ1n) is 5.44. The van der Waals surface area contributed by atoms with Gasteiger partial charge in [0.15, 0.2) is 0 Å². The Balaban J connectivity index is 1.89. The summed E-state index contributed by atoms with van der Waals surface area (Å²) in [5, 5.41) is 4.27. The van der Waals surface area contributed by atoms with Gasteiger partial charge in [-0.1, -0.05) is 6.42 Å². The molecule has 1 N–H and O–H groups in total. The molecule has 4 heteroatoms. The lowest BCUT2D eigenvalue weighted by molar-refractivity contribution is 0.472. The van der Waals surface area contributed by atoms with Crippen molar-refractivity contribution in [2.24, 2.45) is 0 Å². The fourth-order valence-corrected chi connectivity index (χ4v) is 2.90. The Kier molecular flexibility index (Phi) is 3.83.